The maximum Gasteiger partial charge on any atom is 0.134 e. The number of nitrogens with one attached hydrogen (secondary N) is 1. The molecule has 20 heavy (non-hydrogen) atoms. The topological polar surface area (TPSA) is 34.4 Å². The first-order valence-electron chi connectivity index (χ1n) is 7.58. The fourth-order valence-corrected chi connectivity index (χ4v) is 3.03. The van der Waals surface area contributed by atoms with E-state index in [-0.39, 0.29) is 6.04 Å². The van der Waals surface area contributed by atoms with Crippen molar-refractivity contribution in [3.8, 4) is 0 Å². The number of hydrogen-bond acceptors (Lipinski definition) is 3. The largest absolute Gasteiger partial charge is 0.459 e. The lowest BCUT2D eigenvalue weighted by Crippen LogP contribution is -2.23. The van der Waals surface area contributed by atoms with Crippen LogP contribution in [0.2, 0.25) is 0 Å². The number of furan rings is 1. The Labute approximate surface area is 120 Å². The highest BCUT2D eigenvalue weighted by atomic mass is 16.5. The van der Waals surface area contributed by atoms with E-state index in [1.54, 1.807) is 0 Å². The van der Waals surface area contributed by atoms with E-state index >= 15 is 0 Å². The summed E-state index contributed by atoms with van der Waals surface area (Å²) in [5, 5.41) is 4.77. The van der Waals surface area contributed by atoms with Gasteiger partial charge in [0.1, 0.15) is 11.3 Å². The molecular weight excluding hydrogens is 250 g/mol. The molecule has 2 heterocycles. The van der Waals surface area contributed by atoms with E-state index in [4.69, 9.17) is 9.15 Å². The second kappa shape index (κ2) is 5.98. The molecule has 1 aliphatic heterocycles. The summed E-state index contributed by atoms with van der Waals surface area (Å²) in [4.78, 5) is 0. The van der Waals surface area contributed by atoms with Crippen LogP contribution in [0.25, 0.3) is 11.0 Å². The van der Waals surface area contributed by atoms with E-state index in [0.29, 0.717) is 6.10 Å². The lowest BCUT2D eigenvalue weighted by atomic mass is 10.1. The Hall–Kier alpha value is -1.32. The first-order chi connectivity index (χ1) is 9.75. The quantitative estimate of drug-likeness (QED) is 0.895. The van der Waals surface area contributed by atoms with Crippen LogP contribution in [0.15, 0.2) is 28.7 Å². The van der Waals surface area contributed by atoms with Gasteiger partial charge in [-0.15, -0.1) is 0 Å². The molecule has 2 aromatic rings. The summed E-state index contributed by atoms with van der Waals surface area (Å²) in [6.07, 6.45) is 3.96. The Morgan fingerprint density at radius 1 is 1.35 bits per heavy atom. The maximum atomic E-state index is 5.99. The Morgan fingerprint density at radius 3 is 2.95 bits per heavy atom. The predicted molar refractivity (Wildman–Crippen MR) is 81.0 cm³/mol. The molecule has 1 aromatic carbocycles. The van der Waals surface area contributed by atoms with Crippen LogP contribution in [0.1, 0.15) is 43.6 Å². The highest BCUT2D eigenvalue weighted by Gasteiger charge is 2.18. The minimum atomic E-state index is 0.240. The van der Waals surface area contributed by atoms with Crippen molar-refractivity contribution in [2.45, 2.75) is 45.3 Å². The lowest BCUT2D eigenvalue weighted by Gasteiger charge is -2.14. The van der Waals surface area contributed by atoms with E-state index in [1.165, 1.54) is 23.8 Å². The van der Waals surface area contributed by atoms with Gasteiger partial charge in [0.15, 0.2) is 0 Å². The molecule has 3 nitrogen and oxygen atoms in total. The molecule has 3 rings (SSSR count). The van der Waals surface area contributed by atoms with Gasteiger partial charge in [-0.1, -0.05) is 18.2 Å². The molecule has 1 aromatic heterocycles. The molecule has 1 aliphatic rings. The average Bonchev–Trinajstić information content (AvgIpc) is 3.08. The number of ether oxygens (including phenoxy) is 1. The van der Waals surface area contributed by atoms with Gasteiger partial charge in [-0.25, -0.2) is 0 Å². The van der Waals surface area contributed by atoms with Gasteiger partial charge in [0, 0.05) is 12.0 Å². The van der Waals surface area contributed by atoms with Gasteiger partial charge in [0.2, 0.25) is 0 Å². The average molecular weight is 273 g/mol. The van der Waals surface area contributed by atoms with Crippen molar-refractivity contribution in [2.75, 3.05) is 13.2 Å². The van der Waals surface area contributed by atoms with Gasteiger partial charge < -0.3 is 14.5 Å². The fraction of sp³-hybridized carbons (Fsp3) is 0.529. The van der Waals surface area contributed by atoms with Gasteiger partial charge in [0.05, 0.1) is 12.1 Å². The van der Waals surface area contributed by atoms with Crippen LogP contribution in [-0.4, -0.2) is 19.3 Å². The van der Waals surface area contributed by atoms with Crippen LogP contribution in [0, 0.1) is 6.92 Å². The molecule has 1 saturated heterocycles. The van der Waals surface area contributed by atoms with Crippen LogP contribution < -0.4 is 5.32 Å². The molecule has 1 N–H and O–H groups in total. The third-order valence-corrected chi connectivity index (χ3v) is 4.21. The van der Waals surface area contributed by atoms with Crippen molar-refractivity contribution in [3.63, 3.8) is 0 Å². The van der Waals surface area contributed by atoms with Crippen molar-refractivity contribution < 1.29 is 9.15 Å². The first-order valence-corrected chi connectivity index (χ1v) is 7.58. The van der Waals surface area contributed by atoms with Gasteiger partial charge in [-0.05, 0) is 51.3 Å². The summed E-state index contributed by atoms with van der Waals surface area (Å²) in [5.41, 5.74) is 2.23. The van der Waals surface area contributed by atoms with Crippen molar-refractivity contribution in [2.24, 2.45) is 0 Å². The molecule has 0 saturated carbocycles. The zero-order chi connectivity index (χ0) is 13.9. The normalized spacial score (nSPS) is 20.6. The number of hydrogen-bond donors (Lipinski definition) is 1. The van der Waals surface area contributed by atoms with Gasteiger partial charge >= 0.3 is 0 Å². The standard InChI is InChI=1S/C17H23NO2/c1-12-15-7-3-4-8-16(15)20-17(12)13(2)18-10-9-14-6-5-11-19-14/h3-4,7-8,13-14,18H,5-6,9-11H2,1-2H3. The SMILES string of the molecule is Cc1c(C(C)NCCC2CCCO2)oc2ccccc12. The van der Waals surface area contributed by atoms with Crippen molar-refractivity contribution in [3.05, 3.63) is 35.6 Å². The molecule has 0 amide bonds. The third kappa shape index (κ3) is 2.74. The van der Waals surface area contributed by atoms with Crippen LogP contribution in [-0.2, 0) is 4.74 Å². The highest BCUT2D eigenvalue weighted by molar-refractivity contribution is 5.82. The summed E-state index contributed by atoms with van der Waals surface area (Å²) in [5.74, 6) is 1.05. The lowest BCUT2D eigenvalue weighted by molar-refractivity contribution is 0.103. The number of rotatable bonds is 5. The van der Waals surface area contributed by atoms with Crippen LogP contribution in [0.3, 0.4) is 0 Å². The molecule has 0 spiro atoms. The minimum Gasteiger partial charge on any atom is -0.459 e. The molecular formula is C17H23NO2. The van der Waals surface area contributed by atoms with Gasteiger partial charge in [0.25, 0.3) is 0 Å². The first kappa shape index (κ1) is 13.7. The molecule has 0 bridgehead atoms. The minimum absolute atomic E-state index is 0.240. The second-order valence-corrected chi connectivity index (χ2v) is 5.69. The smallest absolute Gasteiger partial charge is 0.134 e. The Morgan fingerprint density at radius 2 is 2.20 bits per heavy atom. The molecule has 3 heteroatoms. The Kier molecular flexibility index (Phi) is 4.08. The molecule has 1 fully saturated rings. The molecule has 0 aliphatic carbocycles. The predicted octanol–water partition coefficient (Wildman–Crippen LogP) is 3.96. The summed E-state index contributed by atoms with van der Waals surface area (Å²) in [6.45, 7) is 6.21. The molecule has 2 unspecified atom stereocenters. The Balaban J connectivity index is 1.62. The Bertz CT molecular complexity index is 569. The van der Waals surface area contributed by atoms with Crippen molar-refractivity contribution in [1.29, 1.82) is 0 Å². The van der Waals surface area contributed by atoms with Crippen LogP contribution >= 0.6 is 0 Å². The summed E-state index contributed by atoms with van der Waals surface area (Å²) in [6, 6.07) is 8.47. The van der Waals surface area contributed by atoms with Gasteiger partial charge in [-0.2, -0.15) is 0 Å². The van der Waals surface area contributed by atoms with Gasteiger partial charge in [-0.3, -0.25) is 0 Å². The number of aryl methyl sites for hydroxylation is 1. The van der Waals surface area contributed by atoms with E-state index in [1.807, 2.05) is 12.1 Å². The van der Waals surface area contributed by atoms with Crippen molar-refractivity contribution in [1.82, 2.24) is 5.32 Å². The monoisotopic (exact) mass is 273 g/mol. The molecule has 2 atom stereocenters. The number of para-hydroxylation sites is 1. The van der Waals surface area contributed by atoms with Crippen molar-refractivity contribution >= 4 is 11.0 Å². The van der Waals surface area contributed by atoms with E-state index < -0.39 is 0 Å². The maximum absolute atomic E-state index is 5.99. The number of benzene rings is 1. The number of fused-ring (bicyclic) bond motifs is 1. The zero-order valence-electron chi connectivity index (χ0n) is 12.3. The zero-order valence-corrected chi connectivity index (χ0v) is 12.3. The summed E-state index contributed by atoms with van der Waals surface area (Å²) >= 11 is 0. The summed E-state index contributed by atoms with van der Waals surface area (Å²) in [7, 11) is 0. The van der Waals surface area contributed by atoms with E-state index in [9.17, 15) is 0 Å². The summed E-state index contributed by atoms with van der Waals surface area (Å²) < 4.78 is 11.6. The van der Waals surface area contributed by atoms with E-state index in [0.717, 1.165) is 30.9 Å². The third-order valence-electron chi connectivity index (χ3n) is 4.21. The second-order valence-electron chi connectivity index (χ2n) is 5.69. The fourth-order valence-electron chi connectivity index (χ4n) is 3.03. The van der Waals surface area contributed by atoms with Crippen LogP contribution in [0.4, 0.5) is 0 Å². The highest BCUT2D eigenvalue weighted by Crippen LogP contribution is 2.29. The van der Waals surface area contributed by atoms with Crippen LogP contribution in [0.5, 0.6) is 0 Å². The molecule has 0 radical (unpaired) electrons. The molecule has 108 valence electrons. The van der Waals surface area contributed by atoms with E-state index in [2.05, 4.69) is 31.3 Å².